The zero-order chi connectivity index (χ0) is 41.4. The van der Waals surface area contributed by atoms with Crippen molar-refractivity contribution in [1.29, 1.82) is 0 Å². The third-order valence-corrected chi connectivity index (χ3v) is 11.2. The number of carbonyl (C=O) groups excluding carboxylic acids is 2. The van der Waals surface area contributed by atoms with Crippen LogP contribution in [0.1, 0.15) is 219 Å². The van der Waals surface area contributed by atoms with E-state index in [2.05, 4.69) is 26.0 Å². The molecule has 0 aromatic rings. The molecule has 10 heteroatoms. The summed E-state index contributed by atoms with van der Waals surface area (Å²) in [6.45, 7) is 4.23. The van der Waals surface area contributed by atoms with E-state index in [0.717, 1.165) is 38.5 Å². The number of hydrogen-bond acceptors (Lipinski definition) is 8. The SMILES string of the molecule is CCCCCCCC/C=C/CCCCCC(=O)OC[C@H](COP(=O)([O-])OCC[N+](C)(C)C)OC(=O)CCCCCCCCCCCCCCCCCCCCC. The number of rotatable bonds is 43. The lowest BCUT2D eigenvalue weighted by Gasteiger charge is -2.28. The van der Waals surface area contributed by atoms with Gasteiger partial charge in [0.25, 0.3) is 7.82 Å². The van der Waals surface area contributed by atoms with Crippen molar-refractivity contribution in [2.75, 3.05) is 47.5 Å². The molecule has 56 heavy (non-hydrogen) atoms. The van der Waals surface area contributed by atoms with Crippen LogP contribution in [0.3, 0.4) is 0 Å². The van der Waals surface area contributed by atoms with E-state index < -0.39 is 32.5 Å². The van der Waals surface area contributed by atoms with Gasteiger partial charge in [0, 0.05) is 12.8 Å². The zero-order valence-corrected chi connectivity index (χ0v) is 38.2. The largest absolute Gasteiger partial charge is 0.756 e. The number of hydrogen-bond donors (Lipinski definition) is 0. The van der Waals surface area contributed by atoms with Gasteiger partial charge in [0.2, 0.25) is 0 Å². The third kappa shape index (κ3) is 42.4. The second kappa shape index (κ2) is 39.2. The second-order valence-electron chi connectivity index (χ2n) is 17.1. The van der Waals surface area contributed by atoms with E-state index >= 15 is 0 Å². The molecule has 0 bridgehead atoms. The van der Waals surface area contributed by atoms with Crippen molar-refractivity contribution in [2.24, 2.45) is 0 Å². The molecular weight excluding hydrogens is 725 g/mol. The number of unbranched alkanes of at least 4 members (excludes halogenated alkanes) is 27. The van der Waals surface area contributed by atoms with Gasteiger partial charge in [-0.25, -0.2) is 0 Å². The maximum Gasteiger partial charge on any atom is 0.306 e. The molecular formula is C46H90NO8P. The summed E-state index contributed by atoms with van der Waals surface area (Å²) in [7, 11) is 1.17. The third-order valence-electron chi connectivity index (χ3n) is 10.3. The molecule has 0 aromatic heterocycles. The van der Waals surface area contributed by atoms with Gasteiger partial charge in [0.15, 0.2) is 6.10 Å². The van der Waals surface area contributed by atoms with E-state index in [1.807, 2.05) is 21.1 Å². The summed E-state index contributed by atoms with van der Waals surface area (Å²) in [5.74, 6) is -0.842. The summed E-state index contributed by atoms with van der Waals surface area (Å²) in [5.41, 5.74) is 0. The van der Waals surface area contributed by atoms with Crippen LogP contribution in [0.4, 0.5) is 0 Å². The number of likely N-dealkylation sites (N-methyl/N-ethyl adjacent to an activating group) is 1. The normalized spacial score (nSPS) is 13.6. The van der Waals surface area contributed by atoms with Gasteiger partial charge in [-0.1, -0.05) is 180 Å². The van der Waals surface area contributed by atoms with E-state index in [0.29, 0.717) is 23.9 Å². The molecule has 2 atom stereocenters. The summed E-state index contributed by atoms with van der Waals surface area (Å²) in [6.07, 6.45) is 40.9. The molecule has 0 fully saturated rings. The number of carbonyl (C=O) groups is 2. The predicted octanol–water partition coefficient (Wildman–Crippen LogP) is 12.7. The average Bonchev–Trinajstić information content (AvgIpc) is 3.15. The molecule has 0 aliphatic carbocycles. The lowest BCUT2D eigenvalue weighted by molar-refractivity contribution is -0.870. The number of nitrogens with zero attached hydrogens (tertiary/aromatic N) is 1. The van der Waals surface area contributed by atoms with Crippen molar-refractivity contribution in [3.63, 3.8) is 0 Å². The standard InChI is InChI=1S/C46H90NO8P/c1-6-8-10-12-14-16-18-20-21-22-23-24-25-27-29-31-33-35-37-39-46(49)55-44(43-54-56(50,51)53-41-40-47(3,4)5)42-52-45(48)38-36-34-32-30-28-26-19-17-15-13-11-9-7-2/h26,28,44H,6-25,27,29-43H2,1-5H3/b28-26+/t44-/m1/s1. The zero-order valence-electron chi connectivity index (χ0n) is 37.3. The van der Waals surface area contributed by atoms with E-state index in [1.165, 1.54) is 141 Å². The summed E-state index contributed by atoms with van der Waals surface area (Å²) < 4.78 is 33.9. The van der Waals surface area contributed by atoms with Crippen molar-refractivity contribution in [3.8, 4) is 0 Å². The molecule has 9 nitrogen and oxygen atoms in total. The molecule has 0 spiro atoms. The molecule has 0 saturated heterocycles. The molecule has 0 N–H and O–H groups in total. The highest BCUT2D eigenvalue weighted by Gasteiger charge is 2.21. The average molecular weight is 816 g/mol. The minimum absolute atomic E-state index is 0.0297. The van der Waals surface area contributed by atoms with Crippen LogP contribution in [0.2, 0.25) is 0 Å². The van der Waals surface area contributed by atoms with Crippen LogP contribution in [0, 0.1) is 0 Å². The van der Waals surface area contributed by atoms with E-state index in [9.17, 15) is 19.0 Å². The van der Waals surface area contributed by atoms with E-state index in [1.54, 1.807) is 0 Å². The maximum absolute atomic E-state index is 12.7. The van der Waals surface area contributed by atoms with Crippen molar-refractivity contribution < 1.29 is 42.1 Å². The van der Waals surface area contributed by atoms with Crippen LogP contribution in [-0.4, -0.2) is 70.0 Å². The quantitative estimate of drug-likeness (QED) is 0.0197. The van der Waals surface area contributed by atoms with Crippen LogP contribution in [-0.2, 0) is 32.7 Å². The lowest BCUT2D eigenvalue weighted by Crippen LogP contribution is -2.37. The number of allylic oxidation sites excluding steroid dienone is 2. The number of phosphoric acid groups is 1. The van der Waals surface area contributed by atoms with Crippen LogP contribution in [0.25, 0.3) is 0 Å². The highest BCUT2D eigenvalue weighted by molar-refractivity contribution is 7.45. The highest BCUT2D eigenvalue weighted by atomic mass is 31.2. The van der Waals surface area contributed by atoms with Gasteiger partial charge in [-0.3, -0.25) is 14.2 Å². The molecule has 0 aromatic carbocycles. The van der Waals surface area contributed by atoms with Crippen LogP contribution >= 0.6 is 7.82 Å². The Morgan fingerprint density at radius 2 is 0.911 bits per heavy atom. The van der Waals surface area contributed by atoms with Crippen LogP contribution in [0.15, 0.2) is 12.2 Å². The van der Waals surface area contributed by atoms with Crippen molar-refractivity contribution >= 4 is 19.8 Å². The Morgan fingerprint density at radius 1 is 0.536 bits per heavy atom. The summed E-state index contributed by atoms with van der Waals surface area (Å²) in [4.78, 5) is 37.5. The fraction of sp³-hybridized carbons (Fsp3) is 0.913. The number of quaternary nitrogens is 1. The van der Waals surface area contributed by atoms with E-state index in [4.69, 9.17) is 18.5 Å². The monoisotopic (exact) mass is 816 g/mol. The first-order chi connectivity index (χ1) is 27.0. The molecule has 0 radical (unpaired) electrons. The van der Waals surface area contributed by atoms with Crippen LogP contribution in [0.5, 0.6) is 0 Å². The van der Waals surface area contributed by atoms with Gasteiger partial charge < -0.3 is 27.9 Å². The Bertz CT molecular complexity index is 969. The molecule has 1 unspecified atom stereocenters. The molecule has 0 aliphatic rings. The molecule has 0 saturated carbocycles. The van der Waals surface area contributed by atoms with Crippen molar-refractivity contribution in [3.05, 3.63) is 12.2 Å². The minimum atomic E-state index is -4.62. The molecule has 0 aliphatic heterocycles. The van der Waals surface area contributed by atoms with E-state index in [-0.39, 0.29) is 26.1 Å². The first-order valence-corrected chi connectivity index (χ1v) is 24.9. The highest BCUT2D eigenvalue weighted by Crippen LogP contribution is 2.38. The predicted molar refractivity (Wildman–Crippen MR) is 231 cm³/mol. The Hall–Kier alpha value is -1.25. The summed E-state index contributed by atoms with van der Waals surface area (Å²) >= 11 is 0. The summed E-state index contributed by atoms with van der Waals surface area (Å²) in [5, 5.41) is 0. The van der Waals surface area contributed by atoms with Gasteiger partial charge >= 0.3 is 11.9 Å². The molecule has 0 rings (SSSR count). The van der Waals surface area contributed by atoms with Crippen LogP contribution < -0.4 is 4.89 Å². The molecule has 0 heterocycles. The fourth-order valence-corrected chi connectivity index (χ4v) is 7.32. The summed E-state index contributed by atoms with van der Waals surface area (Å²) in [6, 6.07) is 0. The second-order valence-corrected chi connectivity index (χ2v) is 18.5. The van der Waals surface area contributed by atoms with Crippen molar-refractivity contribution in [2.45, 2.75) is 225 Å². The molecule has 332 valence electrons. The topological polar surface area (TPSA) is 111 Å². The van der Waals surface area contributed by atoms with Crippen molar-refractivity contribution in [1.82, 2.24) is 0 Å². The van der Waals surface area contributed by atoms with Gasteiger partial charge in [-0.05, 0) is 38.5 Å². The Morgan fingerprint density at radius 3 is 1.34 bits per heavy atom. The molecule has 0 amide bonds. The Balaban J connectivity index is 4.28. The number of ether oxygens (including phenoxy) is 2. The van der Waals surface area contributed by atoms with Gasteiger partial charge in [0.05, 0.1) is 27.7 Å². The van der Waals surface area contributed by atoms with Gasteiger partial charge in [-0.2, -0.15) is 0 Å². The minimum Gasteiger partial charge on any atom is -0.756 e. The first-order valence-electron chi connectivity index (χ1n) is 23.4. The van der Waals surface area contributed by atoms with Gasteiger partial charge in [-0.15, -0.1) is 0 Å². The lowest BCUT2D eigenvalue weighted by atomic mass is 10.0. The Labute approximate surface area is 346 Å². The number of esters is 2. The fourth-order valence-electron chi connectivity index (χ4n) is 6.59. The first kappa shape index (κ1) is 54.8. The maximum atomic E-state index is 12.7. The Kier molecular flexibility index (Phi) is 38.3. The van der Waals surface area contributed by atoms with Gasteiger partial charge in [0.1, 0.15) is 19.8 Å². The number of phosphoric ester groups is 1. The smallest absolute Gasteiger partial charge is 0.306 e.